The lowest BCUT2D eigenvalue weighted by Gasteiger charge is -2.23. The second-order valence-electron chi connectivity index (χ2n) is 4.68. The van der Waals surface area contributed by atoms with Crippen LogP contribution in [0.5, 0.6) is 0 Å². The number of amides is 2. The van der Waals surface area contributed by atoms with Crippen molar-refractivity contribution < 1.29 is 14.0 Å². The van der Waals surface area contributed by atoms with E-state index in [1.807, 2.05) is 6.92 Å². The molecule has 0 radical (unpaired) electrons. The molecule has 0 N–H and O–H groups in total. The highest BCUT2D eigenvalue weighted by atomic mass is 32.1. The predicted octanol–water partition coefficient (Wildman–Crippen LogP) is 2.05. The minimum absolute atomic E-state index is 0.0579. The Morgan fingerprint density at radius 3 is 2.50 bits per heavy atom. The number of likely N-dealkylation sites (N-methyl/N-ethyl adjacent to an activating group) is 1. The average Bonchev–Trinajstić information content (AvgIpc) is 2.40. The van der Waals surface area contributed by atoms with Crippen molar-refractivity contribution in [3.05, 3.63) is 29.6 Å². The van der Waals surface area contributed by atoms with E-state index in [4.69, 9.17) is 0 Å². The zero-order valence-corrected chi connectivity index (χ0v) is 12.8. The van der Waals surface area contributed by atoms with E-state index in [9.17, 15) is 14.0 Å². The van der Waals surface area contributed by atoms with Gasteiger partial charge >= 0.3 is 0 Å². The molecular formula is C14H19FN2O2S. The van der Waals surface area contributed by atoms with E-state index in [1.165, 1.54) is 28.0 Å². The van der Waals surface area contributed by atoms with Gasteiger partial charge < -0.3 is 9.80 Å². The number of nitrogens with zero attached hydrogens (tertiary/aromatic N) is 2. The summed E-state index contributed by atoms with van der Waals surface area (Å²) in [5, 5.41) is 0. The van der Waals surface area contributed by atoms with Crippen LogP contribution in [0.1, 0.15) is 23.7 Å². The standard InChI is InChI=1S/C14H19FN2O2S/c1-4-7-17(9-13(18)16(2)3)14(19)11-8-10(20)5-6-12(11)15/h5-6,8,20H,4,7,9H2,1-3H3. The monoisotopic (exact) mass is 298 g/mol. The Kier molecular flexibility index (Phi) is 6.01. The highest BCUT2D eigenvalue weighted by Crippen LogP contribution is 2.16. The molecule has 0 aromatic heterocycles. The minimum Gasteiger partial charge on any atom is -0.347 e. The molecule has 0 aliphatic rings. The van der Waals surface area contributed by atoms with Crippen LogP contribution >= 0.6 is 12.6 Å². The first kappa shape index (κ1) is 16.5. The molecule has 0 saturated heterocycles. The van der Waals surface area contributed by atoms with E-state index in [0.29, 0.717) is 17.9 Å². The number of halogens is 1. The smallest absolute Gasteiger partial charge is 0.257 e. The zero-order chi connectivity index (χ0) is 15.3. The van der Waals surface area contributed by atoms with Crippen LogP contribution in [0.15, 0.2) is 23.1 Å². The third kappa shape index (κ3) is 4.23. The maximum Gasteiger partial charge on any atom is 0.257 e. The van der Waals surface area contributed by atoms with Crippen LogP contribution in [-0.2, 0) is 4.79 Å². The van der Waals surface area contributed by atoms with Gasteiger partial charge in [0.25, 0.3) is 5.91 Å². The molecule has 0 atom stereocenters. The van der Waals surface area contributed by atoms with Crippen molar-refractivity contribution in [1.82, 2.24) is 9.80 Å². The average molecular weight is 298 g/mol. The number of carbonyl (C=O) groups is 2. The number of benzene rings is 1. The lowest BCUT2D eigenvalue weighted by molar-refractivity contribution is -0.129. The molecule has 4 nitrogen and oxygen atoms in total. The predicted molar refractivity (Wildman–Crippen MR) is 78.5 cm³/mol. The molecule has 0 unspecified atom stereocenters. The summed E-state index contributed by atoms with van der Waals surface area (Å²) in [6.45, 7) is 2.23. The van der Waals surface area contributed by atoms with Crippen molar-refractivity contribution in [1.29, 1.82) is 0 Å². The van der Waals surface area contributed by atoms with Crippen molar-refractivity contribution in [2.24, 2.45) is 0 Å². The summed E-state index contributed by atoms with van der Waals surface area (Å²) in [5.41, 5.74) is -0.0579. The summed E-state index contributed by atoms with van der Waals surface area (Å²) >= 11 is 4.11. The number of thiol groups is 1. The number of carbonyl (C=O) groups excluding carboxylic acids is 2. The van der Waals surface area contributed by atoms with Gasteiger partial charge in [-0.25, -0.2) is 4.39 Å². The highest BCUT2D eigenvalue weighted by Gasteiger charge is 2.21. The molecule has 1 aromatic rings. The number of rotatable bonds is 5. The van der Waals surface area contributed by atoms with Crippen molar-refractivity contribution in [2.75, 3.05) is 27.2 Å². The second kappa shape index (κ2) is 7.28. The van der Waals surface area contributed by atoms with Gasteiger partial charge in [0.1, 0.15) is 12.4 Å². The summed E-state index contributed by atoms with van der Waals surface area (Å²) in [6, 6.07) is 4.06. The fourth-order valence-corrected chi connectivity index (χ4v) is 1.88. The van der Waals surface area contributed by atoms with Gasteiger partial charge in [-0.05, 0) is 24.6 Å². The van der Waals surface area contributed by atoms with Crippen molar-refractivity contribution in [3.63, 3.8) is 0 Å². The summed E-state index contributed by atoms with van der Waals surface area (Å²) in [4.78, 5) is 27.4. The molecule has 2 amide bonds. The number of hydrogen-bond donors (Lipinski definition) is 1. The first-order valence-electron chi connectivity index (χ1n) is 6.34. The normalized spacial score (nSPS) is 10.2. The van der Waals surface area contributed by atoms with Crippen LogP contribution < -0.4 is 0 Å². The third-order valence-corrected chi connectivity index (χ3v) is 3.06. The van der Waals surface area contributed by atoms with E-state index in [0.717, 1.165) is 0 Å². The maximum atomic E-state index is 13.7. The van der Waals surface area contributed by atoms with Crippen LogP contribution in [0.2, 0.25) is 0 Å². The number of hydrogen-bond acceptors (Lipinski definition) is 3. The molecule has 0 aliphatic heterocycles. The maximum absolute atomic E-state index is 13.7. The van der Waals surface area contributed by atoms with Crippen molar-refractivity contribution in [2.45, 2.75) is 18.2 Å². The van der Waals surface area contributed by atoms with Gasteiger partial charge in [-0.2, -0.15) is 0 Å². The Labute approximate surface area is 124 Å². The molecule has 20 heavy (non-hydrogen) atoms. The van der Waals surface area contributed by atoms with E-state index in [-0.39, 0.29) is 18.0 Å². The third-order valence-electron chi connectivity index (χ3n) is 2.79. The molecule has 0 bridgehead atoms. The van der Waals surface area contributed by atoms with Gasteiger partial charge in [-0.15, -0.1) is 12.6 Å². The van der Waals surface area contributed by atoms with E-state index in [1.54, 1.807) is 14.1 Å². The van der Waals surface area contributed by atoms with Gasteiger partial charge in [0, 0.05) is 25.5 Å². The molecule has 0 saturated carbocycles. The SMILES string of the molecule is CCCN(CC(=O)N(C)C)C(=O)c1cc(S)ccc1F. The van der Waals surface area contributed by atoms with Gasteiger partial charge in [-0.3, -0.25) is 9.59 Å². The molecule has 0 heterocycles. The molecule has 6 heteroatoms. The van der Waals surface area contributed by atoms with Crippen LogP contribution in [0.4, 0.5) is 4.39 Å². The first-order valence-corrected chi connectivity index (χ1v) is 6.79. The quantitative estimate of drug-likeness (QED) is 0.845. The van der Waals surface area contributed by atoms with E-state index in [2.05, 4.69) is 12.6 Å². The Morgan fingerprint density at radius 2 is 1.95 bits per heavy atom. The zero-order valence-electron chi connectivity index (χ0n) is 11.9. The highest BCUT2D eigenvalue weighted by molar-refractivity contribution is 7.80. The lowest BCUT2D eigenvalue weighted by atomic mass is 10.1. The Balaban J connectivity index is 2.99. The Morgan fingerprint density at radius 1 is 1.30 bits per heavy atom. The molecule has 110 valence electrons. The summed E-state index contributed by atoms with van der Waals surface area (Å²) in [7, 11) is 3.23. The summed E-state index contributed by atoms with van der Waals surface area (Å²) < 4.78 is 13.7. The molecule has 0 spiro atoms. The summed E-state index contributed by atoms with van der Waals surface area (Å²) in [5.74, 6) is -1.30. The topological polar surface area (TPSA) is 40.6 Å². The Hall–Kier alpha value is -1.56. The molecule has 0 aliphatic carbocycles. The fraction of sp³-hybridized carbons (Fsp3) is 0.429. The molecule has 1 rings (SSSR count). The van der Waals surface area contributed by atoms with Gasteiger partial charge in [0.05, 0.1) is 5.56 Å². The van der Waals surface area contributed by atoms with Crippen molar-refractivity contribution in [3.8, 4) is 0 Å². The van der Waals surface area contributed by atoms with E-state index < -0.39 is 11.7 Å². The van der Waals surface area contributed by atoms with Crippen LogP contribution in [0.3, 0.4) is 0 Å². The second-order valence-corrected chi connectivity index (χ2v) is 5.20. The van der Waals surface area contributed by atoms with Gasteiger partial charge in [-0.1, -0.05) is 6.92 Å². The Bertz CT molecular complexity index is 506. The lowest BCUT2D eigenvalue weighted by Crippen LogP contribution is -2.41. The summed E-state index contributed by atoms with van der Waals surface area (Å²) in [6.07, 6.45) is 0.689. The first-order chi connectivity index (χ1) is 9.36. The van der Waals surface area contributed by atoms with Gasteiger partial charge in [0.2, 0.25) is 5.91 Å². The molecular weight excluding hydrogens is 279 g/mol. The van der Waals surface area contributed by atoms with Crippen LogP contribution in [0, 0.1) is 5.82 Å². The van der Waals surface area contributed by atoms with E-state index >= 15 is 0 Å². The van der Waals surface area contributed by atoms with Crippen LogP contribution in [0.25, 0.3) is 0 Å². The fourth-order valence-electron chi connectivity index (χ4n) is 1.67. The van der Waals surface area contributed by atoms with Crippen LogP contribution in [-0.4, -0.2) is 48.8 Å². The molecule has 1 aromatic carbocycles. The largest absolute Gasteiger partial charge is 0.347 e. The minimum atomic E-state index is -0.605. The molecule has 0 fully saturated rings. The van der Waals surface area contributed by atoms with Crippen molar-refractivity contribution >= 4 is 24.4 Å². The van der Waals surface area contributed by atoms with Gasteiger partial charge in [0.15, 0.2) is 0 Å².